The average Bonchev–Trinajstić information content (AvgIpc) is 2.24. The van der Waals surface area contributed by atoms with Crippen LogP contribution in [0.5, 0.6) is 0 Å². The molecule has 100 valence electrons. The SMILES string of the molecule is CC1CC(C)(C)CCC1Nc1ccc(F)cc1Br. The molecule has 1 fully saturated rings. The van der Waals surface area contributed by atoms with Crippen molar-refractivity contribution in [2.45, 2.75) is 46.1 Å². The Morgan fingerprint density at radius 2 is 2.11 bits per heavy atom. The summed E-state index contributed by atoms with van der Waals surface area (Å²) < 4.78 is 13.9. The minimum Gasteiger partial charge on any atom is -0.381 e. The summed E-state index contributed by atoms with van der Waals surface area (Å²) in [7, 11) is 0. The highest BCUT2D eigenvalue weighted by atomic mass is 79.9. The highest BCUT2D eigenvalue weighted by Gasteiger charge is 2.32. The number of anilines is 1. The van der Waals surface area contributed by atoms with Crippen LogP contribution in [0.4, 0.5) is 10.1 Å². The van der Waals surface area contributed by atoms with E-state index in [0.717, 1.165) is 10.2 Å². The average molecular weight is 314 g/mol. The lowest BCUT2D eigenvalue weighted by Crippen LogP contribution is -2.36. The quantitative estimate of drug-likeness (QED) is 0.789. The highest BCUT2D eigenvalue weighted by molar-refractivity contribution is 9.10. The molecule has 1 aromatic carbocycles. The molecule has 0 saturated heterocycles. The van der Waals surface area contributed by atoms with Gasteiger partial charge in [-0.1, -0.05) is 20.8 Å². The molecule has 2 atom stereocenters. The molecule has 0 aliphatic heterocycles. The van der Waals surface area contributed by atoms with Gasteiger partial charge in [-0.25, -0.2) is 4.39 Å². The van der Waals surface area contributed by atoms with Gasteiger partial charge in [-0.3, -0.25) is 0 Å². The zero-order valence-corrected chi connectivity index (χ0v) is 12.8. The smallest absolute Gasteiger partial charge is 0.124 e. The van der Waals surface area contributed by atoms with Gasteiger partial charge in [0.15, 0.2) is 0 Å². The van der Waals surface area contributed by atoms with Crippen LogP contribution in [-0.4, -0.2) is 6.04 Å². The zero-order chi connectivity index (χ0) is 13.3. The number of rotatable bonds is 2. The Kier molecular flexibility index (Phi) is 4.00. The summed E-state index contributed by atoms with van der Waals surface area (Å²) in [5.41, 5.74) is 1.45. The molecule has 0 aromatic heterocycles. The molecule has 0 bridgehead atoms. The van der Waals surface area contributed by atoms with Crippen LogP contribution in [0.15, 0.2) is 22.7 Å². The van der Waals surface area contributed by atoms with E-state index in [9.17, 15) is 4.39 Å². The number of benzene rings is 1. The monoisotopic (exact) mass is 313 g/mol. The molecule has 1 saturated carbocycles. The summed E-state index contributed by atoms with van der Waals surface area (Å²) in [6.45, 7) is 6.98. The van der Waals surface area contributed by atoms with E-state index >= 15 is 0 Å². The van der Waals surface area contributed by atoms with Crippen LogP contribution in [0.3, 0.4) is 0 Å². The van der Waals surface area contributed by atoms with Crippen molar-refractivity contribution < 1.29 is 4.39 Å². The first-order valence-electron chi connectivity index (χ1n) is 6.59. The third kappa shape index (κ3) is 3.25. The molecule has 1 aliphatic carbocycles. The van der Waals surface area contributed by atoms with Gasteiger partial charge in [0.2, 0.25) is 0 Å². The Bertz CT molecular complexity index is 431. The fraction of sp³-hybridized carbons (Fsp3) is 0.600. The van der Waals surface area contributed by atoms with Crippen molar-refractivity contribution in [3.63, 3.8) is 0 Å². The fourth-order valence-corrected chi connectivity index (χ4v) is 3.43. The summed E-state index contributed by atoms with van der Waals surface area (Å²) >= 11 is 3.41. The van der Waals surface area contributed by atoms with E-state index in [4.69, 9.17) is 0 Å². The second-order valence-electron chi connectivity index (χ2n) is 6.26. The van der Waals surface area contributed by atoms with Crippen molar-refractivity contribution in [1.82, 2.24) is 0 Å². The van der Waals surface area contributed by atoms with Gasteiger partial charge in [0.05, 0.1) is 0 Å². The van der Waals surface area contributed by atoms with E-state index < -0.39 is 0 Å². The lowest BCUT2D eigenvalue weighted by molar-refractivity contribution is 0.177. The van der Waals surface area contributed by atoms with Gasteiger partial charge in [-0.2, -0.15) is 0 Å². The van der Waals surface area contributed by atoms with Gasteiger partial charge in [0.1, 0.15) is 5.82 Å². The summed E-state index contributed by atoms with van der Waals surface area (Å²) in [5.74, 6) is 0.441. The fourth-order valence-electron chi connectivity index (χ4n) is 2.97. The first kappa shape index (κ1) is 13.9. The van der Waals surface area contributed by atoms with Crippen molar-refractivity contribution in [3.05, 3.63) is 28.5 Å². The zero-order valence-electron chi connectivity index (χ0n) is 11.3. The van der Waals surface area contributed by atoms with Crippen LogP contribution in [0.25, 0.3) is 0 Å². The van der Waals surface area contributed by atoms with Crippen molar-refractivity contribution in [3.8, 4) is 0 Å². The lowest BCUT2D eigenvalue weighted by Gasteiger charge is -2.40. The Morgan fingerprint density at radius 3 is 2.72 bits per heavy atom. The standard InChI is InChI=1S/C15H21BrFN/c1-10-9-15(2,3)7-6-13(10)18-14-5-4-11(17)8-12(14)16/h4-5,8,10,13,18H,6-7,9H2,1-3H3. The molecule has 0 amide bonds. The highest BCUT2D eigenvalue weighted by Crippen LogP contribution is 2.40. The van der Waals surface area contributed by atoms with Crippen LogP contribution < -0.4 is 5.32 Å². The number of halogens is 2. The molecule has 1 aliphatic rings. The van der Waals surface area contributed by atoms with Gasteiger partial charge in [0.25, 0.3) is 0 Å². The third-order valence-electron chi connectivity index (χ3n) is 3.97. The molecule has 1 nitrogen and oxygen atoms in total. The summed E-state index contributed by atoms with van der Waals surface area (Å²) in [6.07, 6.45) is 3.66. The lowest BCUT2D eigenvalue weighted by atomic mass is 9.70. The molecule has 0 spiro atoms. The predicted molar refractivity (Wildman–Crippen MR) is 78.3 cm³/mol. The van der Waals surface area contributed by atoms with Crippen molar-refractivity contribution >= 4 is 21.6 Å². The van der Waals surface area contributed by atoms with E-state index in [0.29, 0.717) is 17.4 Å². The van der Waals surface area contributed by atoms with Crippen molar-refractivity contribution in [1.29, 1.82) is 0 Å². The van der Waals surface area contributed by atoms with E-state index in [1.165, 1.54) is 31.4 Å². The normalized spacial score (nSPS) is 26.9. The summed E-state index contributed by atoms with van der Waals surface area (Å²) in [5, 5.41) is 3.55. The first-order valence-corrected chi connectivity index (χ1v) is 7.38. The van der Waals surface area contributed by atoms with Crippen LogP contribution in [-0.2, 0) is 0 Å². The minimum absolute atomic E-state index is 0.203. The predicted octanol–water partition coefficient (Wildman–Crippen LogP) is 5.21. The molecular formula is C15H21BrFN. The van der Waals surface area contributed by atoms with Crippen LogP contribution in [0.2, 0.25) is 0 Å². The van der Waals surface area contributed by atoms with E-state index in [2.05, 4.69) is 42.0 Å². The number of hydrogen-bond acceptors (Lipinski definition) is 1. The first-order chi connectivity index (χ1) is 8.37. The van der Waals surface area contributed by atoms with Gasteiger partial charge < -0.3 is 5.32 Å². The van der Waals surface area contributed by atoms with Crippen molar-refractivity contribution in [2.24, 2.45) is 11.3 Å². The van der Waals surface area contributed by atoms with Crippen molar-refractivity contribution in [2.75, 3.05) is 5.32 Å². The molecule has 2 rings (SSSR count). The maximum Gasteiger partial charge on any atom is 0.124 e. The van der Waals surface area contributed by atoms with E-state index in [1.54, 1.807) is 0 Å². The second-order valence-corrected chi connectivity index (χ2v) is 7.11. The maximum atomic E-state index is 13.0. The van der Waals surface area contributed by atoms with Gasteiger partial charge in [-0.15, -0.1) is 0 Å². The summed E-state index contributed by atoms with van der Waals surface area (Å²) in [6, 6.07) is 5.32. The maximum absolute atomic E-state index is 13.0. The molecule has 18 heavy (non-hydrogen) atoms. The summed E-state index contributed by atoms with van der Waals surface area (Å²) in [4.78, 5) is 0. The largest absolute Gasteiger partial charge is 0.381 e. The molecule has 1 aromatic rings. The van der Waals surface area contributed by atoms with Gasteiger partial charge in [-0.05, 0) is 64.7 Å². The van der Waals surface area contributed by atoms with E-state index in [1.807, 2.05) is 6.07 Å². The van der Waals surface area contributed by atoms with Gasteiger partial charge >= 0.3 is 0 Å². The second kappa shape index (κ2) is 5.20. The molecule has 0 radical (unpaired) electrons. The Morgan fingerprint density at radius 1 is 1.39 bits per heavy atom. The Labute approximate surface area is 117 Å². The molecule has 3 heteroatoms. The van der Waals surface area contributed by atoms with E-state index in [-0.39, 0.29) is 5.82 Å². The molecule has 2 unspecified atom stereocenters. The minimum atomic E-state index is -0.203. The third-order valence-corrected chi connectivity index (χ3v) is 4.62. The van der Waals surface area contributed by atoms with Crippen LogP contribution in [0.1, 0.15) is 40.0 Å². The van der Waals surface area contributed by atoms with Crippen LogP contribution in [0, 0.1) is 17.2 Å². The molecule has 0 heterocycles. The van der Waals surface area contributed by atoms with Crippen LogP contribution >= 0.6 is 15.9 Å². The Hall–Kier alpha value is -0.570. The molecular weight excluding hydrogens is 293 g/mol. The number of hydrogen-bond donors (Lipinski definition) is 1. The Balaban J connectivity index is 2.06. The molecule has 1 N–H and O–H groups in total. The van der Waals surface area contributed by atoms with Gasteiger partial charge in [0, 0.05) is 16.2 Å². The number of nitrogens with one attached hydrogen (secondary N) is 1. The topological polar surface area (TPSA) is 12.0 Å².